The lowest BCUT2D eigenvalue weighted by Crippen LogP contribution is -2.49. The smallest absolute Gasteiger partial charge is 0.223 e. The molecule has 0 bridgehead atoms. The molecule has 0 atom stereocenters. The van der Waals surface area contributed by atoms with Crippen molar-refractivity contribution < 1.29 is 19.4 Å². The number of aldehydes is 1. The summed E-state index contributed by atoms with van der Waals surface area (Å²) >= 11 is 0. The van der Waals surface area contributed by atoms with E-state index in [2.05, 4.69) is 5.32 Å². The van der Waals surface area contributed by atoms with Crippen molar-refractivity contribution in [3.8, 4) is 0 Å². The molecule has 0 aromatic heterocycles. The molecule has 0 aliphatic carbocycles. The van der Waals surface area contributed by atoms with Crippen LogP contribution in [0.4, 0.5) is 0 Å². The lowest BCUT2D eigenvalue weighted by molar-refractivity contribution is -0.128. The molecule has 0 aromatic rings. The molecular formula is C18H35NO4. The van der Waals surface area contributed by atoms with Crippen molar-refractivity contribution in [2.24, 2.45) is 5.41 Å². The minimum atomic E-state index is -1.02. The van der Waals surface area contributed by atoms with Gasteiger partial charge in [-0.05, 0) is 54.4 Å². The van der Waals surface area contributed by atoms with Crippen molar-refractivity contribution in [2.75, 3.05) is 6.61 Å². The van der Waals surface area contributed by atoms with Gasteiger partial charge in [-0.1, -0.05) is 13.8 Å². The summed E-state index contributed by atoms with van der Waals surface area (Å²) in [7, 11) is 0. The van der Waals surface area contributed by atoms with Crippen molar-refractivity contribution in [1.29, 1.82) is 0 Å². The van der Waals surface area contributed by atoms with E-state index >= 15 is 0 Å². The van der Waals surface area contributed by atoms with Crippen LogP contribution < -0.4 is 5.32 Å². The molecule has 0 unspecified atom stereocenters. The van der Waals surface area contributed by atoms with Crippen LogP contribution in [-0.2, 0) is 14.3 Å². The summed E-state index contributed by atoms with van der Waals surface area (Å²) in [4.78, 5) is 22.9. The Morgan fingerprint density at radius 1 is 1.09 bits per heavy atom. The predicted octanol–water partition coefficient (Wildman–Crippen LogP) is 2.84. The van der Waals surface area contributed by atoms with Gasteiger partial charge in [0.1, 0.15) is 6.29 Å². The van der Waals surface area contributed by atoms with E-state index < -0.39 is 16.7 Å². The summed E-state index contributed by atoms with van der Waals surface area (Å²) in [6, 6.07) is 0. The molecular weight excluding hydrogens is 294 g/mol. The molecule has 23 heavy (non-hydrogen) atoms. The van der Waals surface area contributed by atoms with Crippen LogP contribution in [0.3, 0.4) is 0 Å². The van der Waals surface area contributed by atoms with Gasteiger partial charge in [-0.25, -0.2) is 0 Å². The van der Waals surface area contributed by atoms with Crippen LogP contribution in [0.5, 0.6) is 0 Å². The third-order valence-corrected chi connectivity index (χ3v) is 3.50. The van der Waals surface area contributed by atoms with Crippen molar-refractivity contribution in [3.63, 3.8) is 0 Å². The first-order valence-electron chi connectivity index (χ1n) is 8.21. The molecule has 2 N–H and O–H groups in total. The van der Waals surface area contributed by atoms with Crippen molar-refractivity contribution in [1.82, 2.24) is 5.32 Å². The maximum atomic E-state index is 12.0. The molecule has 0 heterocycles. The topological polar surface area (TPSA) is 75.6 Å². The zero-order valence-electron chi connectivity index (χ0n) is 16.1. The third-order valence-electron chi connectivity index (χ3n) is 3.50. The number of carbonyl (C=O) groups excluding carboxylic acids is 2. The highest BCUT2D eigenvalue weighted by atomic mass is 16.5. The summed E-state index contributed by atoms with van der Waals surface area (Å²) in [5.41, 5.74) is -2.28. The second-order valence-corrected chi connectivity index (χ2v) is 9.06. The van der Waals surface area contributed by atoms with Gasteiger partial charge in [0.2, 0.25) is 5.91 Å². The van der Waals surface area contributed by atoms with E-state index in [0.717, 1.165) is 6.29 Å². The SMILES string of the molecule is CC(C)(O)CC(=O)NC(C)(C)CC(C)(C)OCCC(C)(C)C=O. The number of hydrogen-bond acceptors (Lipinski definition) is 4. The van der Waals surface area contributed by atoms with Gasteiger partial charge in [0.25, 0.3) is 0 Å². The highest BCUT2D eigenvalue weighted by Gasteiger charge is 2.32. The standard InChI is InChI=1S/C18H35NO4/c1-15(2,13-20)9-10-23-18(7,8)12-16(3,4)19-14(21)11-17(5,6)22/h13,22H,9-12H2,1-8H3,(H,19,21). The van der Waals surface area contributed by atoms with E-state index in [1.54, 1.807) is 13.8 Å². The van der Waals surface area contributed by atoms with Crippen LogP contribution in [0, 0.1) is 5.41 Å². The second-order valence-electron chi connectivity index (χ2n) is 9.06. The Kier molecular flexibility index (Phi) is 7.44. The number of ether oxygens (including phenoxy) is 1. The Morgan fingerprint density at radius 2 is 1.61 bits per heavy atom. The number of rotatable bonds is 10. The molecule has 5 heteroatoms. The normalized spacial score (nSPS) is 13.8. The second kappa shape index (κ2) is 7.75. The Hall–Kier alpha value is -0.940. The van der Waals surface area contributed by atoms with Gasteiger partial charge >= 0.3 is 0 Å². The molecule has 136 valence electrons. The fourth-order valence-electron chi connectivity index (χ4n) is 2.62. The molecule has 0 fully saturated rings. The molecule has 1 amide bonds. The molecule has 5 nitrogen and oxygen atoms in total. The maximum Gasteiger partial charge on any atom is 0.223 e. The Balaban J connectivity index is 4.50. The predicted molar refractivity (Wildman–Crippen MR) is 92.2 cm³/mol. The molecule has 0 aliphatic heterocycles. The first-order chi connectivity index (χ1) is 10.1. The highest BCUT2D eigenvalue weighted by Crippen LogP contribution is 2.26. The number of nitrogens with one attached hydrogen (secondary N) is 1. The van der Waals surface area contributed by atoms with E-state index in [9.17, 15) is 14.7 Å². The summed E-state index contributed by atoms with van der Waals surface area (Å²) in [5.74, 6) is -0.180. The zero-order chi connectivity index (χ0) is 18.5. The molecule has 0 saturated carbocycles. The minimum Gasteiger partial charge on any atom is -0.390 e. The molecule has 0 aliphatic rings. The first-order valence-corrected chi connectivity index (χ1v) is 8.21. The van der Waals surface area contributed by atoms with E-state index in [1.165, 1.54) is 0 Å². The minimum absolute atomic E-state index is 0.0608. The van der Waals surface area contributed by atoms with E-state index in [0.29, 0.717) is 19.4 Å². The zero-order valence-corrected chi connectivity index (χ0v) is 16.1. The fraction of sp³-hybridized carbons (Fsp3) is 0.889. The van der Waals surface area contributed by atoms with E-state index in [4.69, 9.17) is 4.74 Å². The molecule has 0 rings (SSSR count). The number of amides is 1. The van der Waals surface area contributed by atoms with Crippen LogP contribution in [0.1, 0.15) is 74.7 Å². The first kappa shape index (κ1) is 22.1. The Morgan fingerprint density at radius 3 is 2.04 bits per heavy atom. The maximum absolute atomic E-state index is 12.0. The highest BCUT2D eigenvalue weighted by molar-refractivity contribution is 5.77. The lowest BCUT2D eigenvalue weighted by atomic mass is 9.88. The summed E-state index contributed by atoms with van der Waals surface area (Å²) < 4.78 is 5.93. The molecule has 0 spiro atoms. The number of aliphatic hydroxyl groups is 1. The quantitative estimate of drug-likeness (QED) is 0.604. The molecule has 0 saturated heterocycles. The Labute approximate surface area is 141 Å². The molecule has 0 radical (unpaired) electrons. The van der Waals surface area contributed by atoms with Crippen LogP contribution in [0.25, 0.3) is 0 Å². The van der Waals surface area contributed by atoms with Gasteiger partial charge in [0.05, 0.1) is 17.6 Å². The van der Waals surface area contributed by atoms with Gasteiger partial charge in [0, 0.05) is 17.6 Å². The average Bonchev–Trinajstić information content (AvgIpc) is 2.22. The summed E-state index contributed by atoms with van der Waals surface area (Å²) in [6.45, 7) is 15.3. The third kappa shape index (κ3) is 11.3. The summed E-state index contributed by atoms with van der Waals surface area (Å²) in [6.07, 6.45) is 2.29. The fourth-order valence-corrected chi connectivity index (χ4v) is 2.62. The van der Waals surface area contributed by atoms with Crippen LogP contribution in [0.2, 0.25) is 0 Å². The average molecular weight is 329 g/mol. The Bertz CT molecular complexity index is 406. The van der Waals surface area contributed by atoms with Gasteiger partial charge < -0.3 is 20.0 Å². The number of carbonyl (C=O) groups is 2. The van der Waals surface area contributed by atoms with Crippen molar-refractivity contribution in [2.45, 2.75) is 91.4 Å². The number of hydrogen-bond donors (Lipinski definition) is 2. The van der Waals surface area contributed by atoms with Gasteiger partial charge in [-0.2, -0.15) is 0 Å². The summed E-state index contributed by atoms with van der Waals surface area (Å²) in [5, 5.41) is 12.7. The largest absolute Gasteiger partial charge is 0.390 e. The van der Waals surface area contributed by atoms with E-state index in [-0.39, 0.29) is 17.7 Å². The van der Waals surface area contributed by atoms with Crippen LogP contribution in [0.15, 0.2) is 0 Å². The van der Waals surface area contributed by atoms with Gasteiger partial charge in [0.15, 0.2) is 0 Å². The van der Waals surface area contributed by atoms with E-state index in [1.807, 2.05) is 41.5 Å². The van der Waals surface area contributed by atoms with Crippen LogP contribution in [-0.4, -0.2) is 40.6 Å². The van der Waals surface area contributed by atoms with Gasteiger partial charge in [-0.3, -0.25) is 4.79 Å². The van der Waals surface area contributed by atoms with Crippen molar-refractivity contribution in [3.05, 3.63) is 0 Å². The van der Waals surface area contributed by atoms with Gasteiger partial charge in [-0.15, -0.1) is 0 Å². The monoisotopic (exact) mass is 329 g/mol. The lowest BCUT2D eigenvalue weighted by Gasteiger charge is -2.36. The van der Waals surface area contributed by atoms with Crippen LogP contribution >= 0.6 is 0 Å². The van der Waals surface area contributed by atoms with Crippen molar-refractivity contribution >= 4 is 12.2 Å². The molecule has 0 aromatic carbocycles.